The van der Waals surface area contributed by atoms with Gasteiger partial charge in [-0.2, -0.15) is 0 Å². The van der Waals surface area contributed by atoms with Crippen molar-refractivity contribution in [1.29, 1.82) is 0 Å². The van der Waals surface area contributed by atoms with E-state index in [9.17, 15) is 4.79 Å². The Bertz CT molecular complexity index is 559. The van der Waals surface area contributed by atoms with E-state index in [1.807, 2.05) is 54.8 Å². The Morgan fingerprint density at radius 1 is 1.00 bits per heavy atom. The third kappa shape index (κ3) is 3.64. The van der Waals surface area contributed by atoms with E-state index in [2.05, 4.69) is 6.92 Å². The maximum atomic E-state index is 12.3. The maximum Gasteiger partial charge on any atom is 0.193 e. The SMILES string of the molecule is CCCOc1ccc(C(=O)c2ccc(SC)cc2)cc1. The Morgan fingerprint density at radius 3 is 2.05 bits per heavy atom. The molecule has 0 aliphatic rings. The summed E-state index contributed by atoms with van der Waals surface area (Å²) in [5.74, 6) is 0.848. The second-order valence-electron chi connectivity index (χ2n) is 4.43. The molecule has 0 aromatic heterocycles. The van der Waals surface area contributed by atoms with Gasteiger partial charge in [0.1, 0.15) is 5.75 Å². The van der Waals surface area contributed by atoms with E-state index >= 15 is 0 Å². The van der Waals surface area contributed by atoms with Crippen LogP contribution in [0.25, 0.3) is 0 Å². The molecule has 2 aromatic carbocycles. The lowest BCUT2D eigenvalue weighted by molar-refractivity contribution is 0.103. The molecule has 0 amide bonds. The topological polar surface area (TPSA) is 26.3 Å². The second-order valence-corrected chi connectivity index (χ2v) is 5.31. The van der Waals surface area contributed by atoms with Gasteiger partial charge in [-0.05, 0) is 61.2 Å². The van der Waals surface area contributed by atoms with Crippen molar-refractivity contribution in [3.8, 4) is 5.75 Å². The van der Waals surface area contributed by atoms with Gasteiger partial charge in [-0.1, -0.05) is 6.92 Å². The molecule has 0 saturated carbocycles. The first kappa shape index (κ1) is 14.7. The minimum absolute atomic E-state index is 0.0414. The Kier molecular flexibility index (Phi) is 5.24. The number of carbonyl (C=O) groups is 1. The molecule has 2 aromatic rings. The smallest absolute Gasteiger partial charge is 0.193 e. The molecule has 20 heavy (non-hydrogen) atoms. The van der Waals surface area contributed by atoms with Gasteiger partial charge in [-0.3, -0.25) is 4.79 Å². The van der Waals surface area contributed by atoms with Crippen LogP contribution in [0.5, 0.6) is 5.75 Å². The van der Waals surface area contributed by atoms with E-state index in [0.29, 0.717) is 17.7 Å². The van der Waals surface area contributed by atoms with Crippen LogP contribution in [0.1, 0.15) is 29.3 Å². The molecule has 2 nitrogen and oxygen atoms in total. The highest BCUT2D eigenvalue weighted by molar-refractivity contribution is 7.98. The molecule has 0 saturated heterocycles. The van der Waals surface area contributed by atoms with Crippen LogP contribution in [0.3, 0.4) is 0 Å². The van der Waals surface area contributed by atoms with Crippen LogP contribution in [0, 0.1) is 0 Å². The van der Waals surface area contributed by atoms with Gasteiger partial charge in [-0.15, -0.1) is 11.8 Å². The third-order valence-electron chi connectivity index (χ3n) is 2.94. The summed E-state index contributed by atoms with van der Waals surface area (Å²) in [6.45, 7) is 2.76. The van der Waals surface area contributed by atoms with Gasteiger partial charge in [0.2, 0.25) is 0 Å². The summed E-state index contributed by atoms with van der Waals surface area (Å²) in [5.41, 5.74) is 1.40. The molecule has 0 aliphatic heterocycles. The molecule has 0 fully saturated rings. The summed E-state index contributed by atoms with van der Waals surface area (Å²) in [6, 6.07) is 15.0. The van der Waals surface area contributed by atoms with E-state index < -0.39 is 0 Å². The summed E-state index contributed by atoms with van der Waals surface area (Å²) in [5, 5.41) is 0. The molecule has 0 unspecified atom stereocenters. The third-order valence-corrected chi connectivity index (χ3v) is 3.69. The first-order valence-corrected chi connectivity index (χ1v) is 7.88. The normalized spacial score (nSPS) is 10.3. The van der Waals surface area contributed by atoms with Crippen LogP contribution in [-0.2, 0) is 0 Å². The number of carbonyl (C=O) groups excluding carboxylic acids is 1. The Hall–Kier alpha value is -1.74. The quantitative estimate of drug-likeness (QED) is 0.580. The number of benzene rings is 2. The first-order chi connectivity index (χ1) is 9.74. The van der Waals surface area contributed by atoms with Crippen LogP contribution in [0.4, 0.5) is 0 Å². The van der Waals surface area contributed by atoms with Gasteiger partial charge in [0.05, 0.1) is 6.61 Å². The summed E-state index contributed by atoms with van der Waals surface area (Å²) in [6.07, 6.45) is 2.99. The molecule has 0 spiro atoms. The Labute approximate surface area is 124 Å². The van der Waals surface area contributed by atoms with E-state index in [1.165, 1.54) is 0 Å². The van der Waals surface area contributed by atoms with Gasteiger partial charge in [0.15, 0.2) is 5.78 Å². The van der Waals surface area contributed by atoms with Gasteiger partial charge in [0.25, 0.3) is 0 Å². The molecule has 0 N–H and O–H groups in total. The fourth-order valence-electron chi connectivity index (χ4n) is 1.83. The van der Waals surface area contributed by atoms with Crippen molar-refractivity contribution in [3.05, 3.63) is 59.7 Å². The fraction of sp³-hybridized carbons (Fsp3) is 0.235. The largest absolute Gasteiger partial charge is 0.494 e. The molecule has 0 bridgehead atoms. The lowest BCUT2D eigenvalue weighted by Gasteiger charge is -2.06. The van der Waals surface area contributed by atoms with Gasteiger partial charge < -0.3 is 4.74 Å². The van der Waals surface area contributed by atoms with Gasteiger partial charge in [-0.25, -0.2) is 0 Å². The Balaban J connectivity index is 2.11. The number of hydrogen-bond acceptors (Lipinski definition) is 3. The van der Waals surface area contributed by atoms with Crippen LogP contribution in [-0.4, -0.2) is 18.6 Å². The highest BCUT2D eigenvalue weighted by atomic mass is 32.2. The Morgan fingerprint density at radius 2 is 1.55 bits per heavy atom. The minimum atomic E-state index is 0.0414. The number of thioether (sulfide) groups is 1. The zero-order chi connectivity index (χ0) is 14.4. The zero-order valence-corrected chi connectivity index (χ0v) is 12.6. The van der Waals surface area contributed by atoms with Crippen molar-refractivity contribution in [1.82, 2.24) is 0 Å². The summed E-state index contributed by atoms with van der Waals surface area (Å²) < 4.78 is 5.51. The van der Waals surface area contributed by atoms with Crippen LogP contribution in [0.15, 0.2) is 53.4 Å². The molecule has 104 valence electrons. The minimum Gasteiger partial charge on any atom is -0.494 e. The number of ketones is 1. The standard InChI is InChI=1S/C17H18O2S/c1-3-12-19-15-8-4-13(5-9-15)17(18)14-6-10-16(20-2)11-7-14/h4-11H,3,12H2,1-2H3. The van der Waals surface area contributed by atoms with Crippen molar-refractivity contribution >= 4 is 17.5 Å². The zero-order valence-electron chi connectivity index (χ0n) is 11.8. The van der Waals surface area contributed by atoms with E-state index in [-0.39, 0.29) is 5.78 Å². The first-order valence-electron chi connectivity index (χ1n) is 6.66. The highest BCUT2D eigenvalue weighted by Gasteiger charge is 2.08. The highest BCUT2D eigenvalue weighted by Crippen LogP contribution is 2.19. The maximum absolute atomic E-state index is 12.3. The monoisotopic (exact) mass is 286 g/mol. The number of rotatable bonds is 6. The molecule has 0 radical (unpaired) electrons. The fourth-order valence-corrected chi connectivity index (χ4v) is 2.24. The average Bonchev–Trinajstić information content (AvgIpc) is 2.53. The molecule has 3 heteroatoms. The van der Waals surface area contributed by atoms with E-state index in [0.717, 1.165) is 17.1 Å². The van der Waals surface area contributed by atoms with Crippen molar-refractivity contribution in [2.24, 2.45) is 0 Å². The van der Waals surface area contributed by atoms with Gasteiger partial charge >= 0.3 is 0 Å². The molecule has 0 atom stereocenters. The van der Waals surface area contributed by atoms with Crippen molar-refractivity contribution in [2.45, 2.75) is 18.2 Å². The number of ether oxygens (including phenoxy) is 1. The van der Waals surface area contributed by atoms with Gasteiger partial charge in [0, 0.05) is 16.0 Å². The predicted molar refractivity (Wildman–Crippen MR) is 83.9 cm³/mol. The van der Waals surface area contributed by atoms with E-state index in [1.54, 1.807) is 11.8 Å². The lowest BCUT2D eigenvalue weighted by Crippen LogP contribution is -2.01. The summed E-state index contributed by atoms with van der Waals surface area (Å²) in [7, 11) is 0. The average molecular weight is 286 g/mol. The van der Waals surface area contributed by atoms with Crippen molar-refractivity contribution in [2.75, 3.05) is 12.9 Å². The second kappa shape index (κ2) is 7.15. The predicted octanol–water partition coefficient (Wildman–Crippen LogP) is 4.43. The van der Waals surface area contributed by atoms with Crippen LogP contribution >= 0.6 is 11.8 Å². The number of hydrogen-bond donors (Lipinski definition) is 0. The van der Waals surface area contributed by atoms with Crippen LogP contribution in [0.2, 0.25) is 0 Å². The molecular weight excluding hydrogens is 268 g/mol. The molecule has 2 rings (SSSR count). The molecule has 0 aliphatic carbocycles. The van der Waals surface area contributed by atoms with Crippen molar-refractivity contribution in [3.63, 3.8) is 0 Å². The van der Waals surface area contributed by atoms with Crippen LogP contribution < -0.4 is 4.74 Å². The molecular formula is C17H18O2S. The summed E-state index contributed by atoms with van der Waals surface area (Å²) in [4.78, 5) is 13.5. The molecule has 0 heterocycles. The summed E-state index contributed by atoms with van der Waals surface area (Å²) >= 11 is 1.67. The lowest BCUT2D eigenvalue weighted by atomic mass is 10.0. The van der Waals surface area contributed by atoms with Crippen molar-refractivity contribution < 1.29 is 9.53 Å². The van der Waals surface area contributed by atoms with E-state index in [4.69, 9.17) is 4.74 Å².